The summed E-state index contributed by atoms with van der Waals surface area (Å²) in [5.74, 6) is -1.04. The molecule has 1 fully saturated rings. The van der Waals surface area contributed by atoms with Crippen LogP contribution in [-0.2, 0) is 0 Å². The second-order valence-corrected chi connectivity index (χ2v) is 11.0. The summed E-state index contributed by atoms with van der Waals surface area (Å²) in [6.45, 7) is 0.535. The number of halogens is 4. The van der Waals surface area contributed by atoms with Gasteiger partial charge in [0.15, 0.2) is 5.13 Å². The number of thiazole rings is 1. The number of alkyl halides is 3. The molecule has 0 spiro atoms. The number of carbonyl (C=O) groups is 1. The highest BCUT2D eigenvalue weighted by Crippen LogP contribution is 2.51. The van der Waals surface area contributed by atoms with Crippen LogP contribution in [0.1, 0.15) is 40.6 Å². The second-order valence-electron chi connectivity index (χ2n) is 9.58. The van der Waals surface area contributed by atoms with Gasteiger partial charge >= 0.3 is 6.18 Å². The number of ether oxygens (including phenoxy) is 1. The van der Waals surface area contributed by atoms with Crippen molar-refractivity contribution in [1.82, 2.24) is 4.98 Å². The number of Topliss-reactive ketones (excluding diaryl/α,β-unsaturated/α-hetero) is 1. The summed E-state index contributed by atoms with van der Waals surface area (Å²) >= 11 is 7.12. The topological polar surface area (TPSA) is 54.5 Å². The number of anilines is 2. The molecule has 6 rings (SSSR count). The van der Waals surface area contributed by atoms with Crippen molar-refractivity contribution in [3.05, 3.63) is 93.8 Å². The van der Waals surface area contributed by atoms with E-state index in [1.54, 1.807) is 37.4 Å². The third-order valence-electron chi connectivity index (χ3n) is 7.36. The Kier molecular flexibility index (Phi) is 6.51. The number of ketones is 1. The Morgan fingerprint density at radius 2 is 1.87 bits per heavy atom. The maximum atomic E-state index is 13.6. The molecule has 1 saturated heterocycles. The van der Waals surface area contributed by atoms with Gasteiger partial charge in [-0.2, -0.15) is 13.2 Å². The van der Waals surface area contributed by atoms with Crippen LogP contribution in [0.5, 0.6) is 5.75 Å². The Morgan fingerprint density at radius 1 is 1.13 bits per heavy atom. The van der Waals surface area contributed by atoms with Crippen molar-refractivity contribution in [2.24, 2.45) is 0 Å². The summed E-state index contributed by atoms with van der Waals surface area (Å²) in [7, 11) is 1.59. The predicted octanol–water partition coefficient (Wildman–Crippen LogP) is 7.99. The molecule has 5 nitrogen and oxygen atoms in total. The molecule has 4 aromatic rings. The van der Waals surface area contributed by atoms with Crippen molar-refractivity contribution in [2.75, 3.05) is 23.9 Å². The fraction of sp³-hybridized carbons (Fsp3) is 0.241. The van der Waals surface area contributed by atoms with Crippen molar-refractivity contribution >= 4 is 39.5 Å². The molecule has 0 aliphatic carbocycles. The number of aromatic nitrogens is 1. The van der Waals surface area contributed by atoms with Crippen molar-refractivity contribution in [2.45, 2.75) is 30.6 Å². The minimum absolute atomic E-state index is 0. The molecular formula is C29H25ClF3N3O2S. The lowest BCUT2D eigenvalue weighted by atomic mass is 9.81. The first kappa shape index (κ1) is 25.7. The van der Waals surface area contributed by atoms with Crippen LogP contribution in [-0.4, -0.2) is 36.6 Å². The fourth-order valence-corrected chi connectivity index (χ4v) is 6.89. The van der Waals surface area contributed by atoms with Gasteiger partial charge in [0.25, 0.3) is 5.78 Å². The van der Waals surface area contributed by atoms with Gasteiger partial charge in [0, 0.05) is 30.2 Å². The second kappa shape index (κ2) is 9.88. The van der Waals surface area contributed by atoms with Crippen molar-refractivity contribution in [1.29, 1.82) is 0 Å². The summed E-state index contributed by atoms with van der Waals surface area (Å²) < 4.78 is 46.3. The average molecular weight is 572 g/mol. The van der Waals surface area contributed by atoms with Gasteiger partial charge in [0.2, 0.25) is 0 Å². The monoisotopic (exact) mass is 571 g/mol. The highest BCUT2D eigenvalue weighted by molar-refractivity contribution is 7.18. The van der Waals surface area contributed by atoms with E-state index in [-0.39, 0.29) is 25.1 Å². The zero-order valence-electron chi connectivity index (χ0n) is 20.7. The SMILES string of the molecule is COc1ccc(C2C3Nc4ccc(Cl)cc4C3CCN2c2nc(-c3ccccc3)c(C(=O)C(F)(F)F)s2)cc1.[HH]. The number of carbonyl (C=O) groups excluding carboxylic acids is 1. The lowest BCUT2D eigenvalue weighted by Crippen LogP contribution is -2.46. The molecule has 3 unspecified atom stereocenters. The van der Waals surface area contributed by atoms with Crippen molar-refractivity contribution in [3.8, 4) is 17.0 Å². The Labute approximate surface area is 233 Å². The largest absolute Gasteiger partial charge is 0.497 e. The molecule has 0 saturated carbocycles. The third-order valence-corrected chi connectivity index (χ3v) is 8.68. The summed E-state index contributed by atoms with van der Waals surface area (Å²) in [6, 6.07) is 21.6. The average Bonchev–Trinajstić information content (AvgIpc) is 3.54. The first-order valence-corrected chi connectivity index (χ1v) is 13.6. The van der Waals surface area contributed by atoms with Crippen LogP contribution in [0.3, 0.4) is 0 Å². The lowest BCUT2D eigenvalue weighted by molar-refractivity contribution is -0.0882. The van der Waals surface area contributed by atoms with Crippen LogP contribution in [0.15, 0.2) is 72.8 Å². The Bertz CT molecular complexity index is 1530. The number of benzene rings is 3. The normalized spacial score (nSPS) is 20.2. The van der Waals surface area contributed by atoms with Crippen molar-refractivity contribution in [3.63, 3.8) is 0 Å². The first-order valence-electron chi connectivity index (χ1n) is 12.4. The maximum Gasteiger partial charge on any atom is 0.455 e. The zero-order chi connectivity index (χ0) is 27.3. The van der Waals surface area contributed by atoms with E-state index in [1.165, 1.54) is 0 Å². The Hall–Kier alpha value is -3.56. The van der Waals surface area contributed by atoms with Crippen LogP contribution < -0.4 is 15.0 Å². The number of nitrogens with zero attached hydrogens (tertiary/aromatic N) is 2. The number of hydrogen-bond donors (Lipinski definition) is 1. The summed E-state index contributed by atoms with van der Waals surface area (Å²) in [5, 5.41) is 4.67. The van der Waals surface area contributed by atoms with Gasteiger partial charge < -0.3 is 15.0 Å². The minimum atomic E-state index is -5.01. The molecule has 3 heterocycles. The van der Waals surface area contributed by atoms with Gasteiger partial charge in [0.1, 0.15) is 10.6 Å². The van der Waals surface area contributed by atoms with Gasteiger partial charge in [-0.1, -0.05) is 65.4 Å². The molecule has 3 aromatic carbocycles. The standard InChI is InChI=1S/C29H23ClF3N3O2S.H2/c1-38-19-10-7-17(8-11-19)25-24-20(21-15-18(30)9-12-22(21)34-24)13-14-36(25)28-35-23(16-5-3-2-4-6-16)26(39-28)27(37)29(31,32)33;/h2-12,15,20,24-25,34H,13-14H2,1H3;1H. The highest BCUT2D eigenvalue weighted by Gasteiger charge is 2.47. The molecule has 0 bridgehead atoms. The van der Waals surface area contributed by atoms with Crippen molar-refractivity contribution < 1.29 is 24.1 Å². The molecular weight excluding hydrogens is 547 g/mol. The number of hydrogen-bond acceptors (Lipinski definition) is 6. The molecule has 1 N–H and O–H groups in total. The summed E-state index contributed by atoms with van der Waals surface area (Å²) in [6.07, 6.45) is -4.27. The van der Waals surface area contributed by atoms with Crippen LogP contribution in [0.4, 0.5) is 24.0 Å². The predicted molar refractivity (Wildman–Crippen MR) is 149 cm³/mol. The van der Waals surface area contributed by atoms with E-state index in [0.717, 1.165) is 34.6 Å². The molecule has 10 heteroatoms. The van der Waals surface area contributed by atoms with Crippen LogP contribution in [0.2, 0.25) is 5.02 Å². The number of methoxy groups -OCH3 is 1. The van der Waals surface area contributed by atoms with Gasteiger partial charge in [-0.05, 0) is 47.9 Å². The number of rotatable bonds is 5. The van der Waals surface area contributed by atoms with E-state index in [9.17, 15) is 18.0 Å². The highest BCUT2D eigenvalue weighted by atomic mass is 35.5. The smallest absolute Gasteiger partial charge is 0.455 e. The molecule has 2 aliphatic heterocycles. The number of fused-ring (bicyclic) bond motifs is 3. The Balaban J connectivity index is 0.00000323. The quantitative estimate of drug-likeness (QED) is 0.246. The zero-order valence-corrected chi connectivity index (χ0v) is 22.3. The van der Waals surface area contributed by atoms with E-state index < -0.39 is 16.8 Å². The summed E-state index contributed by atoms with van der Waals surface area (Å²) in [5.41, 5.74) is 3.58. The van der Waals surface area contributed by atoms with E-state index >= 15 is 0 Å². The van der Waals surface area contributed by atoms with E-state index in [2.05, 4.69) is 10.3 Å². The van der Waals surface area contributed by atoms with E-state index in [0.29, 0.717) is 28.0 Å². The first-order chi connectivity index (χ1) is 18.7. The van der Waals surface area contributed by atoms with Gasteiger partial charge in [-0.25, -0.2) is 4.98 Å². The lowest BCUT2D eigenvalue weighted by Gasteiger charge is -2.43. The Morgan fingerprint density at radius 3 is 2.56 bits per heavy atom. The third kappa shape index (κ3) is 4.63. The number of nitrogens with one attached hydrogen (secondary N) is 1. The summed E-state index contributed by atoms with van der Waals surface area (Å²) in [4.78, 5) is 18.8. The van der Waals surface area contributed by atoms with Gasteiger partial charge in [-0.3, -0.25) is 4.79 Å². The van der Waals surface area contributed by atoms with E-state index in [1.807, 2.05) is 47.4 Å². The van der Waals surface area contributed by atoms with E-state index in [4.69, 9.17) is 16.3 Å². The van der Waals surface area contributed by atoms with Crippen LogP contribution >= 0.6 is 22.9 Å². The molecule has 0 radical (unpaired) electrons. The van der Waals surface area contributed by atoms with Gasteiger partial charge in [0.05, 0.1) is 24.9 Å². The minimum Gasteiger partial charge on any atom is -0.497 e. The molecule has 202 valence electrons. The fourth-order valence-electron chi connectivity index (χ4n) is 5.60. The molecule has 0 amide bonds. The molecule has 2 aliphatic rings. The molecule has 3 atom stereocenters. The molecule has 39 heavy (non-hydrogen) atoms. The molecule has 1 aromatic heterocycles. The maximum absolute atomic E-state index is 13.6. The van der Waals surface area contributed by atoms with Gasteiger partial charge in [-0.15, -0.1) is 0 Å². The van der Waals surface area contributed by atoms with Crippen LogP contribution in [0, 0.1) is 0 Å². The number of piperidine rings is 1. The van der Waals surface area contributed by atoms with Crippen LogP contribution in [0.25, 0.3) is 11.3 Å².